The van der Waals surface area contributed by atoms with Gasteiger partial charge in [0.25, 0.3) is 0 Å². The highest BCUT2D eigenvalue weighted by molar-refractivity contribution is 5.34. The van der Waals surface area contributed by atoms with Gasteiger partial charge in [-0.15, -0.1) is 0 Å². The minimum atomic E-state index is 0.342. The van der Waals surface area contributed by atoms with Crippen molar-refractivity contribution in [2.75, 3.05) is 7.05 Å². The van der Waals surface area contributed by atoms with Gasteiger partial charge in [-0.3, -0.25) is 4.90 Å². The van der Waals surface area contributed by atoms with Gasteiger partial charge in [-0.2, -0.15) is 0 Å². The zero-order valence-corrected chi connectivity index (χ0v) is 11.6. The second kappa shape index (κ2) is 6.24. The molecule has 18 heavy (non-hydrogen) atoms. The highest BCUT2D eigenvalue weighted by atomic mass is 16.3. The van der Waals surface area contributed by atoms with Crippen molar-refractivity contribution < 1.29 is 5.11 Å². The third-order valence-corrected chi connectivity index (χ3v) is 4.32. The van der Waals surface area contributed by atoms with E-state index in [9.17, 15) is 5.11 Å². The van der Waals surface area contributed by atoms with Crippen molar-refractivity contribution in [1.29, 1.82) is 0 Å². The fraction of sp³-hybridized carbons (Fsp3) is 0.625. The molecular weight excluding hydrogens is 222 g/mol. The Morgan fingerprint density at radius 3 is 2.50 bits per heavy atom. The monoisotopic (exact) mass is 247 g/mol. The summed E-state index contributed by atoms with van der Waals surface area (Å²) in [5.74, 6) is 0.437. The van der Waals surface area contributed by atoms with Crippen LogP contribution >= 0.6 is 0 Å². The number of benzene rings is 1. The standard InChI is InChI=1S/C16H25NO/c1-3-15(14-11-7-8-12-16(14)18)17(2)13-9-5-4-6-10-13/h7-8,11-13,15,18H,3-6,9-10H2,1-2H3. The first kappa shape index (κ1) is 13.4. The molecule has 0 saturated heterocycles. The largest absolute Gasteiger partial charge is 0.508 e. The molecule has 2 nitrogen and oxygen atoms in total. The SMILES string of the molecule is CCC(c1ccccc1O)N(C)C1CCCCC1. The van der Waals surface area contributed by atoms with Crippen LogP contribution in [0.4, 0.5) is 0 Å². The van der Waals surface area contributed by atoms with Gasteiger partial charge in [-0.05, 0) is 32.4 Å². The molecule has 0 heterocycles. The number of hydrogen-bond donors (Lipinski definition) is 1. The summed E-state index contributed by atoms with van der Waals surface area (Å²) in [5, 5.41) is 10.0. The van der Waals surface area contributed by atoms with E-state index in [0.717, 1.165) is 12.0 Å². The maximum absolute atomic E-state index is 10.0. The van der Waals surface area contributed by atoms with E-state index < -0.39 is 0 Å². The number of phenolic OH excluding ortho intramolecular Hbond substituents is 1. The van der Waals surface area contributed by atoms with Crippen LogP contribution in [-0.4, -0.2) is 23.1 Å². The lowest BCUT2D eigenvalue weighted by molar-refractivity contribution is 0.132. The summed E-state index contributed by atoms with van der Waals surface area (Å²) in [7, 11) is 2.22. The van der Waals surface area contributed by atoms with Crippen LogP contribution in [0.25, 0.3) is 0 Å². The van der Waals surface area contributed by atoms with Gasteiger partial charge in [0.1, 0.15) is 5.75 Å². The van der Waals surface area contributed by atoms with Crippen molar-refractivity contribution in [2.24, 2.45) is 0 Å². The lowest BCUT2D eigenvalue weighted by atomic mass is 9.91. The van der Waals surface area contributed by atoms with Gasteiger partial charge in [-0.1, -0.05) is 44.4 Å². The number of rotatable bonds is 4. The van der Waals surface area contributed by atoms with Gasteiger partial charge in [0, 0.05) is 17.6 Å². The van der Waals surface area contributed by atoms with E-state index in [1.54, 1.807) is 6.07 Å². The third kappa shape index (κ3) is 2.86. The van der Waals surface area contributed by atoms with E-state index in [4.69, 9.17) is 0 Å². The predicted molar refractivity (Wildman–Crippen MR) is 75.8 cm³/mol. The number of nitrogens with zero attached hydrogens (tertiary/aromatic N) is 1. The normalized spacial score (nSPS) is 19.1. The van der Waals surface area contributed by atoms with Crippen LogP contribution in [0, 0.1) is 0 Å². The second-order valence-corrected chi connectivity index (χ2v) is 5.44. The molecule has 0 amide bonds. The Hall–Kier alpha value is -1.02. The van der Waals surface area contributed by atoms with Crippen LogP contribution in [0.1, 0.15) is 57.1 Å². The number of hydrogen-bond acceptors (Lipinski definition) is 2. The summed E-state index contributed by atoms with van der Waals surface area (Å²) >= 11 is 0. The summed E-state index contributed by atoms with van der Waals surface area (Å²) in [4.78, 5) is 2.48. The molecular formula is C16H25NO. The second-order valence-electron chi connectivity index (χ2n) is 5.44. The Labute approximate surface area is 111 Å². The van der Waals surface area contributed by atoms with Gasteiger partial charge in [0.2, 0.25) is 0 Å². The first-order valence-corrected chi connectivity index (χ1v) is 7.24. The topological polar surface area (TPSA) is 23.5 Å². The van der Waals surface area contributed by atoms with E-state index in [1.807, 2.05) is 12.1 Å². The molecule has 1 aromatic carbocycles. The summed E-state index contributed by atoms with van der Waals surface area (Å²) in [5.41, 5.74) is 1.08. The molecule has 0 radical (unpaired) electrons. The fourth-order valence-electron chi connectivity index (χ4n) is 3.24. The molecule has 1 aromatic rings. The van der Waals surface area contributed by atoms with E-state index in [0.29, 0.717) is 17.8 Å². The highest BCUT2D eigenvalue weighted by Gasteiger charge is 2.25. The molecule has 0 aliphatic heterocycles. The average Bonchev–Trinajstić information content (AvgIpc) is 2.42. The van der Waals surface area contributed by atoms with Crippen molar-refractivity contribution in [3.63, 3.8) is 0 Å². The van der Waals surface area contributed by atoms with Gasteiger partial charge in [-0.25, -0.2) is 0 Å². The molecule has 1 N–H and O–H groups in total. The maximum Gasteiger partial charge on any atom is 0.120 e. The van der Waals surface area contributed by atoms with E-state index >= 15 is 0 Å². The van der Waals surface area contributed by atoms with Crippen molar-refractivity contribution in [2.45, 2.75) is 57.5 Å². The van der Waals surface area contributed by atoms with Crippen LogP contribution in [0.2, 0.25) is 0 Å². The first-order chi connectivity index (χ1) is 8.74. The molecule has 1 atom stereocenters. The summed E-state index contributed by atoms with van der Waals surface area (Å²) in [6.07, 6.45) is 7.75. The van der Waals surface area contributed by atoms with Crippen LogP contribution in [0.5, 0.6) is 5.75 Å². The Morgan fingerprint density at radius 2 is 1.89 bits per heavy atom. The number of aromatic hydroxyl groups is 1. The van der Waals surface area contributed by atoms with E-state index in [-0.39, 0.29) is 0 Å². The molecule has 2 heteroatoms. The number of para-hydroxylation sites is 1. The van der Waals surface area contributed by atoms with Crippen LogP contribution in [-0.2, 0) is 0 Å². The van der Waals surface area contributed by atoms with Crippen molar-refractivity contribution in [3.8, 4) is 5.75 Å². The van der Waals surface area contributed by atoms with Gasteiger partial charge in [0.15, 0.2) is 0 Å². The van der Waals surface area contributed by atoms with Crippen molar-refractivity contribution >= 4 is 0 Å². The first-order valence-electron chi connectivity index (χ1n) is 7.24. The Bertz CT molecular complexity index is 371. The number of phenols is 1. The Balaban J connectivity index is 2.14. The quantitative estimate of drug-likeness (QED) is 0.865. The van der Waals surface area contributed by atoms with Crippen LogP contribution in [0.15, 0.2) is 24.3 Å². The Morgan fingerprint density at radius 1 is 1.22 bits per heavy atom. The van der Waals surface area contributed by atoms with Crippen molar-refractivity contribution in [3.05, 3.63) is 29.8 Å². The van der Waals surface area contributed by atoms with Gasteiger partial charge < -0.3 is 5.11 Å². The van der Waals surface area contributed by atoms with Crippen molar-refractivity contribution in [1.82, 2.24) is 4.90 Å². The summed E-state index contributed by atoms with van der Waals surface area (Å²) in [6, 6.07) is 8.80. The molecule has 0 bridgehead atoms. The fourth-order valence-corrected chi connectivity index (χ4v) is 3.24. The average molecular weight is 247 g/mol. The van der Waals surface area contributed by atoms with Gasteiger partial charge in [0.05, 0.1) is 0 Å². The van der Waals surface area contributed by atoms with E-state index in [1.165, 1.54) is 32.1 Å². The maximum atomic E-state index is 10.0. The summed E-state index contributed by atoms with van der Waals surface area (Å²) in [6.45, 7) is 2.20. The molecule has 1 unspecified atom stereocenters. The lowest BCUT2D eigenvalue weighted by Crippen LogP contribution is -2.36. The predicted octanol–water partition coefficient (Wildman–Crippen LogP) is 4.11. The molecule has 0 spiro atoms. The van der Waals surface area contributed by atoms with Crippen LogP contribution < -0.4 is 0 Å². The Kier molecular flexibility index (Phi) is 4.65. The molecule has 100 valence electrons. The molecule has 1 aliphatic carbocycles. The minimum Gasteiger partial charge on any atom is -0.508 e. The third-order valence-electron chi connectivity index (χ3n) is 4.32. The zero-order chi connectivity index (χ0) is 13.0. The highest BCUT2D eigenvalue weighted by Crippen LogP contribution is 2.34. The van der Waals surface area contributed by atoms with Gasteiger partial charge >= 0.3 is 0 Å². The molecule has 1 aliphatic rings. The molecule has 1 saturated carbocycles. The minimum absolute atomic E-state index is 0.342. The van der Waals surface area contributed by atoms with Crippen LogP contribution in [0.3, 0.4) is 0 Å². The zero-order valence-electron chi connectivity index (χ0n) is 11.6. The summed E-state index contributed by atoms with van der Waals surface area (Å²) < 4.78 is 0. The molecule has 2 rings (SSSR count). The molecule has 1 fully saturated rings. The smallest absolute Gasteiger partial charge is 0.120 e. The van der Waals surface area contributed by atoms with E-state index in [2.05, 4.69) is 24.9 Å². The molecule has 0 aromatic heterocycles. The lowest BCUT2D eigenvalue weighted by Gasteiger charge is -2.37.